The first-order chi connectivity index (χ1) is 14.1. The highest BCUT2D eigenvalue weighted by atomic mass is 35.5. The van der Waals surface area contributed by atoms with Gasteiger partial charge in [-0.2, -0.15) is 0 Å². The molecule has 3 aromatic carbocycles. The van der Waals surface area contributed by atoms with E-state index < -0.39 is 0 Å². The Labute approximate surface area is 175 Å². The molecule has 1 aromatic heterocycles. The van der Waals surface area contributed by atoms with Crippen LogP contribution in [0.5, 0.6) is 0 Å². The van der Waals surface area contributed by atoms with Crippen molar-refractivity contribution < 1.29 is 4.39 Å². The van der Waals surface area contributed by atoms with Gasteiger partial charge in [-0.05, 0) is 48.2 Å². The highest BCUT2D eigenvalue weighted by Crippen LogP contribution is 2.35. The zero-order chi connectivity index (χ0) is 20.4. The molecule has 0 bridgehead atoms. The first-order valence-corrected chi connectivity index (χ1v) is 10.1. The Morgan fingerprint density at radius 1 is 1.00 bits per heavy atom. The highest BCUT2D eigenvalue weighted by molar-refractivity contribution is 6.34. The lowest BCUT2D eigenvalue weighted by Gasteiger charge is -2.19. The normalized spacial score (nSPS) is 12.1. The molecule has 0 aliphatic heterocycles. The summed E-state index contributed by atoms with van der Waals surface area (Å²) in [5.74, 6) is -0.237. The molecule has 0 spiro atoms. The molecule has 1 heterocycles. The van der Waals surface area contributed by atoms with Crippen LogP contribution < -0.4 is 5.32 Å². The van der Waals surface area contributed by atoms with Crippen molar-refractivity contribution in [3.8, 4) is 11.1 Å². The van der Waals surface area contributed by atoms with Crippen LogP contribution in [0.2, 0.25) is 5.02 Å². The van der Waals surface area contributed by atoms with Gasteiger partial charge in [-0.1, -0.05) is 67.1 Å². The number of pyridine rings is 1. The number of halogens is 2. The molecule has 29 heavy (non-hydrogen) atoms. The van der Waals surface area contributed by atoms with E-state index in [-0.39, 0.29) is 11.9 Å². The summed E-state index contributed by atoms with van der Waals surface area (Å²) in [5, 5.41) is 4.82. The average Bonchev–Trinajstić information content (AvgIpc) is 2.75. The van der Waals surface area contributed by atoms with Gasteiger partial charge >= 0.3 is 0 Å². The van der Waals surface area contributed by atoms with Gasteiger partial charge in [0.15, 0.2) is 0 Å². The Bertz CT molecular complexity index is 1160. The zero-order valence-electron chi connectivity index (χ0n) is 16.4. The Hall–Kier alpha value is -2.91. The van der Waals surface area contributed by atoms with Crippen LogP contribution in [-0.4, -0.2) is 4.98 Å². The number of hydrogen-bond donors (Lipinski definition) is 1. The number of benzene rings is 3. The standard InChI is InChI=1S/C25H22ClFN2/c1-3-17-8-10-18(11-9-17)19-12-13-24-21(14-19)25(22(26)15-28-24)29-16(2)20-6-4-5-7-23(20)27/h4-16H,3H2,1-2H3,(H,28,29)/t16-/m1/s1. The number of aryl methyl sites for hydroxylation is 1. The summed E-state index contributed by atoms with van der Waals surface area (Å²) in [6.45, 7) is 4.07. The first-order valence-electron chi connectivity index (χ1n) is 9.75. The van der Waals surface area contributed by atoms with Crippen molar-refractivity contribution in [2.24, 2.45) is 0 Å². The van der Waals surface area contributed by atoms with Crippen LogP contribution in [0.4, 0.5) is 10.1 Å². The summed E-state index contributed by atoms with van der Waals surface area (Å²) in [6, 6.07) is 21.2. The summed E-state index contributed by atoms with van der Waals surface area (Å²) in [4.78, 5) is 4.46. The molecule has 0 aliphatic rings. The monoisotopic (exact) mass is 404 g/mol. The lowest BCUT2D eigenvalue weighted by Crippen LogP contribution is -2.09. The maximum Gasteiger partial charge on any atom is 0.128 e. The SMILES string of the molecule is CCc1ccc(-c2ccc3ncc(Cl)c(N[C@H](C)c4ccccc4F)c3c2)cc1. The van der Waals surface area contributed by atoms with Gasteiger partial charge in [0.25, 0.3) is 0 Å². The molecular weight excluding hydrogens is 383 g/mol. The Kier molecular flexibility index (Phi) is 5.50. The van der Waals surface area contributed by atoms with Crippen molar-refractivity contribution in [3.05, 3.63) is 94.9 Å². The van der Waals surface area contributed by atoms with Crippen LogP contribution in [0.1, 0.15) is 31.0 Å². The minimum Gasteiger partial charge on any atom is -0.377 e. The summed E-state index contributed by atoms with van der Waals surface area (Å²) in [5.41, 5.74) is 5.73. The average molecular weight is 405 g/mol. The molecule has 146 valence electrons. The summed E-state index contributed by atoms with van der Waals surface area (Å²) >= 11 is 6.49. The lowest BCUT2D eigenvalue weighted by molar-refractivity contribution is 0.600. The van der Waals surface area contributed by atoms with Gasteiger partial charge in [-0.25, -0.2) is 4.39 Å². The smallest absolute Gasteiger partial charge is 0.128 e. The number of hydrogen-bond acceptors (Lipinski definition) is 2. The van der Waals surface area contributed by atoms with Crippen molar-refractivity contribution >= 4 is 28.2 Å². The molecule has 4 heteroatoms. The van der Waals surface area contributed by atoms with Crippen molar-refractivity contribution in [2.75, 3.05) is 5.32 Å². The Morgan fingerprint density at radius 2 is 1.72 bits per heavy atom. The Morgan fingerprint density at radius 3 is 2.45 bits per heavy atom. The minimum absolute atomic E-state index is 0.237. The molecule has 0 unspecified atom stereocenters. The van der Waals surface area contributed by atoms with Crippen molar-refractivity contribution in [2.45, 2.75) is 26.3 Å². The van der Waals surface area contributed by atoms with Gasteiger partial charge in [0, 0.05) is 17.1 Å². The number of nitrogens with one attached hydrogen (secondary N) is 1. The summed E-state index contributed by atoms with van der Waals surface area (Å²) < 4.78 is 14.2. The third kappa shape index (κ3) is 3.96. The van der Waals surface area contributed by atoms with Crippen LogP contribution in [0.3, 0.4) is 0 Å². The van der Waals surface area contributed by atoms with E-state index in [0.29, 0.717) is 10.6 Å². The van der Waals surface area contributed by atoms with E-state index in [1.807, 2.05) is 19.1 Å². The number of rotatable bonds is 5. The van der Waals surface area contributed by atoms with Gasteiger partial charge in [0.05, 0.1) is 22.3 Å². The molecule has 2 nitrogen and oxygen atoms in total. The van der Waals surface area contributed by atoms with Crippen molar-refractivity contribution in [3.63, 3.8) is 0 Å². The molecular formula is C25H22ClFN2. The predicted molar refractivity (Wildman–Crippen MR) is 120 cm³/mol. The van der Waals surface area contributed by atoms with Crippen LogP contribution in [0, 0.1) is 5.82 Å². The first kappa shape index (κ1) is 19.4. The number of aromatic nitrogens is 1. The molecule has 1 atom stereocenters. The van der Waals surface area contributed by atoms with E-state index in [2.05, 4.69) is 53.6 Å². The van der Waals surface area contributed by atoms with Crippen LogP contribution in [-0.2, 0) is 6.42 Å². The third-order valence-electron chi connectivity index (χ3n) is 5.25. The van der Waals surface area contributed by atoms with E-state index in [0.717, 1.165) is 34.1 Å². The van der Waals surface area contributed by atoms with Gasteiger partial charge < -0.3 is 5.32 Å². The van der Waals surface area contributed by atoms with Crippen LogP contribution in [0.25, 0.3) is 22.0 Å². The zero-order valence-corrected chi connectivity index (χ0v) is 17.2. The van der Waals surface area contributed by atoms with E-state index in [9.17, 15) is 4.39 Å². The molecule has 0 saturated carbocycles. The molecule has 4 rings (SSSR count). The van der Waals surface area contributed by atoms with Gasteiger partial charge in [0.2, 0.25) is 0 Å². The second kappa shape index (κ2) is 8.22. The minimum atomic E-state index is -0.244. The van der Waals surface area contributed by atoms with E-state index in [1.165, 1.54) is 11.6 Å². The quantitative estimate of drug-likeness (QED) is 0.374. The summed E-state index contributed by atoms with van der Waals surface area (Å²) in [6.07, 6.45) is 2.65. The van der Waals surface area contributed by atoms with Gasteiger partial charge in [0.1, 0.15) is 5.82 Å². The highest BCUT2D eigenvalue weighted by Gasteiger charge is 2.15. The lowest BCUT2D eigenvalue weighted by atomic mass is 10.0. The van der Waals surface area contributed by atoms with Gasteiger partial charge in [-0.3, -0.25) is 4.98 Å². The fourth-order valence-electron chi connectivity index (χ4n) is 3.55. The van der Waals surface area contributed by atoms with E-state index in [1.54, 1.807) is 18.3 Å². The van der Waals surface area contributed by atoms with E-state index in [4.69, 9.17) is 11.6 Å². The maximum absolute atomic E-state index is 14.2. The van der Waals surface area contributed by atoms with Crippen molar-refractivity contribution in [1.29, 1.82) is 0 Å². The molecule has 0 radical (unpaired) electrons. The fraction of sp³-hybridized carbons (Fsp3) is 0.160. The summed E-state index contributed by atoms with van der Waals surface area (Å²) in [7, 11) is 0. The second-order valence-electron chi connectivity index (χ2n) is 7.15. The molecule has 0 amide bonds. The molecule has 0 saturated heterocycles. The Balaban J connectivity index is 1.76. The topological polar surface area (TPSA) is 24.9 Å². The number of nitrogens with zero attached hydrogens (tertiary/aromatic N) is 1. The number of anilines is 1. The molecule has 1 N–H and O–H groups in total. The van der Waals surface area contributed by atoms with Crippen LogP contribution in [0.15, 0.2) is 72.9 Å². The van der Waals surface area contributed by atoms with Crippen molar-refractivity contribution in [1.82, 2.24) is 4.98 Å². The van der Waals surface area contributed by atoms with E-state index >= 15 is 0 Å². The maximum atomic E-state index is 14.2. The predicted octanol–water partition coefficient (Wildman–Crippen LogP) is 7.43. The number of fused-ring (bicyclic) bond motifs is 1. The van der Waals surface area contributed by atoms with Gasteiger partial charge in [-0.15, -0.1) is 0 Å². The molecule has 0 fully saturated rings. The molecule has 0 aliphatic carbocycles. The molecule has 4 aromatic rings. The van der Waals surface area contributed by atoms with Crippen LogP contribution >= 0.6 is 11.6 Å². The third-order valence-corrected chi connectivity index (χ3v) is 5.54. The second-order valence-corrected chi connectivity index (χ2v) is 7.56. The fourth-order valence-corrected chi connectivity index (χ4v) is 3.75. The largest absolute Gasteiger partial charge is 0.377 e.